The van der Waals surface area contributed by atoms with Crippen LogP contribution in [0.2, 0.25) is 0 Å². The molecule has 17 heavy (non-hydrogen) atoms. The molecule has 0 saturated heterocycles. The Morgan fingerprint density at radius 3 is 2.12 bits per heavy atom. The van der Waals surface area contributed by atoms with Crippen molar-refractivity contribution in [2.24, 2.45) is 11.8 Å². The first-order chi connectivity index (χ1) is 8.26. The van der Waals surface area contributed by atoms with E-state index in [0.29, 0.717) is 0 Å². The molecular formula is C17H34. The lowest BCUT2D eigenvalue weighted by Gasteiger charge is -2.06. The lowest BCUT2D eigenvalue weighted by Crippen LogP contribution is -1.95. The summed E-state index contributed by atoms with van der Waals surface area (Å²) in [5.41, 5.74) is 0. The highest BCUT2D eigenvalue weighted by Gasteiger charge is 2.27. The first-order valence-corrected chi connectivity index (χ1v) is 7.88. The van der Waals surface area contributed by atoms with Gasteiger partial charge in [-0.25, -0.2) is 0 Å². The molecule has 0 aromatic carbocycles. The maximum atomic E-state index is 3.78. The molecule has 102 valence electrons. The summed E-state index contributed by atoms with van der Waals surface area (Å²) in [6.45, 7) is 10.7. The van der Waals surface area contributed by atoms with Gasteiger partial charge >= 0.3 is 0 Å². The van der Waals surface area contributed by atoms with E-state index in [4.69, 9.17) is 0 Å². The van der Waals surface area contributed by atoms with Gasteiger partial charge in [0, 0.05) is 0 Å². The van der Waals surface area contributed by atoms with Crippen LogP contribution in [-0.2, 0) is 0 Å². The lowest BCUT2D eigenvalue weighted by atomic mass is 10.00. The van der Waals surface area contributed by atoms with E-state index in [2.05, 4.69) is 34.1 Å². The molecule has 1 saturated carbocycles. The minimum Gasteiger partial charge on any atom is -0.0654 e. The van der Waals surface area contributed by atoms with Crippen LogP contribution in [0.5, 0.6) is 0 Å². The average Bonchev–Trinajstić information content (AvgIpc) is 3.17. The molecule has 1 rings (SSSR count). The lowest BCUT2D eigenvalue weighted by molar-refractivity contribution is 0.461. The molecular weight excluding hydrogens is 204 g/mol. The van der Waals surface area contributed by atoms with Crippen molar-refractivity contribution in [1.82, 2.24) is 0 Å². The molecule has 2 atom stereocenters. The highest BCUT2D eigenvalue weighted by atomic mass is 14.3. The van der Waals surface area contributed by atoms with Gasteiger partial charge in [0.25, 0.3) is 0 Å². The molecule has 0 amide bonds. The van der Waals surface area contributed by atoms with Gasteiger partial charge in [0.1, 0.15) is 0 Å². The maximum absolute atomic E-state index is 3.78. The number of hydrogen-bond donors (Lipinski definition) is 0. The van der Waals surface area contributed by atoms with Gasteiger partial charge in [0.05, 0.1) is 0 Å². The van der Waals surface area contributed by atoms with Crippen LogP contribution in [0.25, 0.3) is 0 Å². The van der Waals surface area contributed by atoms with E-state index >= 15 is 0 Å². The van der Waals surface area contributed by atoms with Gasteiger partial charge in [-0.1, -0.05) is 85.5 Å². The highest BCUT2D eigenvalue weighted by molar-refractivity contribution is 4.97. The van der Waals surface area contributed by atoms with Crippen molar-refractivity contribution in [1.29, 1.82) is 0 Å². The highest BCUT2D eigenvalue weighted by Crippen LogP contribution is 2.37. The van der Waals surface area contributed by atoms with Crippen molar-refractivity contribution in [3.63, 3.8) is 0 Å². The molecule has 0 nitrogen and oxygen atoms in total. The Bertz CT molecular complexity index is 129. The van der Waals surface area contributed by atoms with E-state index in [9.17, 15) is 0 Å². The second kappa shape index (κ2) is 12.5. The summed E-state index contributed by atoms with van der Waals surface area (Å²) in [4.78, 5) is 0. The number of rotatable bonds is 9. The summed E-state index contributed by atoms with van der Waals surface area (Å²) in [7, 11) is 0. The second-order valence-corrected chi connectivity index (χ2v) is 5.52. The van der Waals surface area contributed by atoms with Crippen LogP contribution >= 0.6 is 0 Å². The van der Waals surface area contributed by atoms with Gasteiger partial charge < -0.3 is 0 Å². The zero-order chi connectivity index (χ0) is 12.9. The molecule has 0 aromatic rings. The fraction of sp³-hybridized carbons (Fsp3) is 0.882. The molecule has 0 spiro atoms. The van der Waals surface area contributed by atoms with Crippen LogP contribution < -0.4 is 0 Å². The molecule has 0 N–H and O–H groups in total. The predicted octanol–water partition coefficient (Wildman–Crippen LogP) is 6.22. The van der Waals surface area contributed by atoms with E-state index < -0.39 is 0 Å². The van der Waals surface area contributed by atoms with E-state index in [0.717, 1.165) is 18.3 Å². The summed E-state index contributed by atoms with van der Waals surface area (Å²) in [5, 5.41) is 0. The zero-order valence-electron chi connectivity index (χ0n) is 12.5. The van der Waals surface area contributed by atoms with Gasteiger partial charge in [-0.05, 0) is 24.7 Å². The summed E-state index contributed by atoms with van der Waals surface area (Å²) in [5.74, 6) is 1.97. The first kappa shape index (κ1) is 17.0. The summed E-state index contributed by atoms with van der Waals surface area (Å²) < 4.78 is 0. The second-order valence-electron chi connectivity index (χ2n) is 5.52. The van der Waals surface area contributed by atoms with Gasteiger partial charge in [-0.15, -0.1) is 0 Å². The third-order valence-electron chi connectivity index (χ3n) is 3.61. The normalized spacial score (nSPS) is 16.2. The first-order valence-electron chi connectivity index (χ1n) is 7.88. The third kappa shape index (κ3) is 12.2. The van der Waals surface area contributed by atoms with Gasteiger partial charge in [0.2, 0.25) is 0 Å². The Kier molecular flexibility index (Phi) is 12.5. The molecule has 0 aromatic heterocycles. The van der Waals surface area contributed by atoms with Crippen LogP contribution in [0.4, 0.5) is 0 Å². The Hall–Kier alpha value is 0. The fourth-order valence-corrected chi connectivity index (χ4v) is 2.06. The topological polar surface area (TPSA) is 0 Å². The molecule has 1 fully saturated rings. The van der Waals surface area contributed by atoms with Crippen LogP contribution in [0.3, 0.4) is 0 Å². The predicted molar refractivity (Wildman–Crippen MR) is 79.8 cm³/mol. The quantitative estimate of drug-likeness (QED) is 0.418. The molecule has 2 radical (unpaired) electrons. The van der Waals surface area contributed by atoms with Crippen molar-refractivity contribution >= 4 is 0 Å². The van der Waals surface area contributed by atoms with Crippen LogP contribution in [0, 0.1) is 25.2 Å². The minimum absolute atomic E-state index is 0.977. The monoisotopic (exact) mass is 238 g/mol. The minimum atomic E-state index is 0.977. The Morgan fingerprint density at radius 2 is 1.65 bits per heavy atom. The summed E-state index contributed by atoms with van der Waals surface area (Å²) >= 11 is 0. The summed E-state index contributed by atoms with van der Waals surface area (Å²) in [6.07, 6.45) is 16.0. The molecule has 0 bridgehead atoms. The summed E-state index contributed by atoms with van der Waals surface area (Å²) in [6, 6.07) is 0. The standard InChI is InChI=1S/C9H17.C8H17/c1-3-4-5-8(2)9-6-7-9;1-3-5-7-8-6-4-2/h6,8-9H,3-5,7H2,1-2H3;1,3-8H2,2H3. The van der Waals surface area contributed by atoms with Crippen molar-refractivity contribution in [3.05, 3.63) is 13.3 Å². The average molecular weight is 238 g/mol. The van der Waals surface area contributed by atoms with E-state index in [1.165, 1.54) is 57.8 Å². The van der Waals surface area contributed by atoms with Crippen molar-refractivity contribution < 1.29 is 0 Å². The Morgan fingerprint density at radius 1 is 1.06 bits per heavy atom. The zero-order valence-corrected chi connectivity index (χ0v) is 12.5. The molecule has 1 aliphatic carbocycles. The van der Waals surface area contributed by atoms with Gasteiger partial charge in [-0.3, -0.25) is 0 Å². The third-order valence-corrected chi connectivity index (χ3v) is 3.61. The number of unbranched alkanes of at least 4 members (excludes halogenated alkanes) is 6. The van der Waals surface area contributed by atoms with Crippen LogP contribution in [0.15, 0.2) is 0 Å². The molecule has 0 heterocycles. The van der Waals surface area contributed by atoms with Crippen LogP contribution in [0.1, 0.15) is 85.0 Å². The Labute approximate surface area is 111 Å². The van der Waals surface area contributed by atoms with Crippen molar-refractivity contribution in [2.45, 2.75) is 85.0 Å². The smallest absolute Gasteiger partial charge is 0.0349 e. The largest absolute Gasteiger partial charge is 0.0654 e. The van der Waals surface area contributed by atoms with E-state index in [-0.39, 0.29) is 0 Å². The molecule has 0 heteroatoms. The van der Waals surface area contributed by atoms with Crippen molar-refractivity contribution in [2.75, 3.05) is 0 Å². The van der Waals surface area contributed by atoms with E-state index in [1.807, 2.05) is 0 Å². The van der Waals surface area contributed by atoms with Crippen molar-refractivity contribution in [3.8, 4) is 0 Å². The fourth-order valence-electron chi connectivity index (χ4n) is 2.06. The Balaban J connectivity index is 0.000000304. The van der Waals surface area contributed by atoms with Gasteiger partial charge in [-0.2, -0.15) is 0 Å². The maximum Gasteiger partial charge on any atom is -0.0349 e. The SMILES string of the molecule is CCCCC(C)C1[CH]C1.[CH2]CCCCCCC. The van der Waals surface area contributed by atoms with Crippen LogP contribution in [-0.4, -0.2) is 0 Å². The van der Waals surface area contributed by atoms with Gasteiger partial charge in [0.15, 0.2) is 0 Å². The molecule has 0 aliphatic heterocycles. The molecule has 2 unspecified atom stereocenters. The number of hydrogen-bond acceptors (Lipinski definition) is 0. The van der Waals surface area contributed by atoms with E-state index in [1.54, 1.807) is 0 Å². The molecule has 1 aliphatic rings.